The molecule has 0 spiro atoms. The number of hydrogen-bond donors (Lipinski definition) is 2. The second kappa shape index (κ2) is 6.53. The lowest BCUT2D eigenvalue weighted by molar-refractivity contribution is 0.0949. The third-order valence-corrected chi connectivity index (χ3v) is 4.63. The average molecular weight is 351 g/mol. The zero-order valence-corrected chi connectivity index (χ0v) is 14.0. The molecule has 0 bridgehead atoms. The summed E-state index contributed by atoms with van der Waals surface area (Å²) >= 11 is 6.06. The van der Waals surface area contributed by atoms with Gasteiger partial charge in [0, 0.05) is 21.7 Å². The van der Waals surface area contributed by atoms with Crippen LogP contribution in [0.5, 0.6) is 0 Å². The summed E-state index contributed by atoms with van der Waals surface area (Å²) in [4.78, 5) is 12.4. The lowest BCUT2D eigenvalue weighted by Crippen LogP contribution is -2.20. The molecule has 0 radical (unpaired) electrons. The van der Waals surface area contributed by atoms with Crippen molar-refractivity contribution in [2.75, 3.05) is 0 Å². The maximum atomic E-state index is 12.4. The van der Waals surface area contributed by atoms with Crippen LogP contribution in [0.4, 0.5) is 0 Å². The van der Waals surface area contributed by atoms with Crippen molar-refractivity contribution in [3.05, 3.63) is 75.9 Å². The normalized spacial score (nSPS) is 12.7. The number of fused-ring (bicyclic) bond motifs is 3. The molecule has 0 aliphatic heterocycles. The van der Waals surface area contributed by atoms with Gasteiger partial charge in [-0.2, -0.15) is 10.2 Å². The van der Waals surface area contributed by atoms with E-state index in [1.54, 1.807) is 6.07 Å². The van der Waals surface area contributed by atoms with Crippen molar-refractivity contribution in [2.24, 2.45) is 5.10 Å². The molecule has 6 heteroatoms. The second-order valence-corrected chi connectivity index (χ2v) is 6.21. The Morgan fingerprint density at radius 3 is 2.84 bits per heavy atom. The summed E-state index contributed by atoms with van der Waals surface area (Å²) in [5, 5.41) is 11.8. The van der Waals surface area contributed by atoms with Crippen LogP contribution in [0, 0.1) is 0 Å². The summed E-state index contributed by atoms with van der Waals surface area (Å²) < 4.78 is 0. The molecule has 25 heavy (non-hydrogen) atoms. The van der Waals surface area contributed by atoms with Crippen LogP contribution in [0.3, 0.4) is 0 Å². The number of carbonyl (C=O) groups excluding carboxylic acids is 1. The molecule has 124 valence electrons. The lowest BCUT2D eigenvalue weighted by Gasteiger charge is -2.15. The van der Waals surface area contributed by atoms with Crippen LogP contribution in [0.25, 0.3) is 11.3 Å². The largest absolute Gasteiger partial charge is 0.289 e. The van der Waals surface area contributed by atoms with Crippen molar-refractivity contribution < 1.29 is 4.79 Å². The second-order valence-electron chi connectivity index (χ2n) is 5.80. The number of benzene rings is 2. The monoisotopic (exact) mass is 350 g/mol. The smallest absolute Gasteiger partial charge is 0.272 e. The van der Waals surface area contributed by atoms with E-state index in [9.17, 15) is 4.79 Å². The minimum Gasteiger partial charge on any atom is -0.272 e. The van der Waals surface area contributed by atoms with Crippen LogP contribution < -0.4 is 5.43 Å². The summed E-state index contributed by atoms with van der Waals surface area (Å²) in [7, 11) is 0. The van der Waals surface area contributed by atoms with Crippen molar-refractivity contribution in [1.29, 1.82) is 0 Å². The fraction of sp³-hybridized carbons (Fsp3) is 0.105. The van der Waals surface area contributed by atoms with Gasteiger partial charge in [0.25, 0.3) is 5.91 Å². The van der Waals surface area contributed by atoms with E-state index in [0.717, 1.165) is 35.2 Å². The van der Waals surface area contributed by atoms with Gasteiger partial charge in [0.15, 0.2) is 0 Å². The Balaban J connectivity index is 1.55. The third kappa shape index (κ3) is 2.94. The molecule has 0 unspecified atom stereocenters. The molecule has 3 aromatic rings. The van der Waals surface area contributed by atoms with Crippen LogP contribution >= 0.6 is 11.6 Å². The Morgan fingerprint density at radius 1 is 1.16 bits per heavy atom. The highest BCUT2D eigenvalue weighted by Gasteiger charge is 2.24. The van der Waals surface area contributed by atoms with E-state index in [4.69, 9.17) is 11.6 Å². The summed E-state index contributed by atoms with van der Waals surface area (Å²) in [6.07, 6.45) is 3.20. The van der Waals surface area contributed by atoms with Crippen LogP contribution in [0.15, 0.2) is 53.6 Å². The zero-order valence-electron chi connectivity index (χ0n) is 13.3. The Labute approximate surface area is 149 Å². The predicted octanol–water partition coefficient (Wildman–Crippen LogP) is 3.59. The topological polar surface area (TPSA) is 70.1 Å². The standard InChI is InChI=1S/C19H15ClN4O/c20-16-8-4-2-6-13(16)11-21-24-19(25)18-15-10-9-12-5-1-3-7-14(12)17(15)22-23-18/h1-8,11H,9-10H2,(H,22,23)(H,24,25)/b21-11-. The highest BCUT2D eigenvalue weighted by Crippen LogP contribution is 2.33. The first-order chi connectivity index (χ1) is 12.2. The van der Waals surface area contributed by atoms with Gasteiger partial charge in [-0.25, -0.2) is 5.43 Å². The molecule has 1 aliphatic rings. The minimum absolute atomic E-state index is 0.309. The van der Waals surface area contributed by atoms with Crippen LogP contribution in [0.1, 0.15) is 27.2 Å². The molecule has 1 heterocycles. The number of H-pyrrole nitrogens is 1. The van der Waals surface area contributed by atoms with Gasteiger partial charge < -0.3 is 0 Å². The third-order valence-electron chi connectivity index (χ3n) is 4.29. The van der Waals surface area contributed by atoms with Crippen molar-refractivity contribution >= 4 is 23.7 Å². The van der Waals surface area contributed by atoms with Gasteiger partial charge >= 0.3 is 0 Å². The quantitative estimate of drug-likeness (QED) is 0.559. The van der Waals surface area contributed by atoms with E-state index in [0.29, 0.717) is 10.7 Å². The molecule has 0 fully saturated rings. The number of hydrogen-bond acceptors (Lipinski definition) is 3. The number of hydrazone groups is 1. The maximum Gasteiger partial charge on any atom is 0.289 e. The first-order valence-corrected chi connectivity index (χ1v) is 8.35. The SMILES string of the molecule is O=C(N/N=C\c1ccccc1Cl)c1[nH]nc2c1CCc1ccccc1-2. The first kappa shape index (κ1) is 15.6. The number of aryl methyl sites for hydroxylation is 1. The molecule has 0 atom stereocenters. The lowest BCUT2D eigenvalue weighted by atomic mass is 9.89. The molecule has 2 aromatic carbocycles. The maximum absolute atomic E-state index is 12.4. The molecule has 0 saturated heterocycles. The van der Waals surface area contributed by atoms with Gasteiger partial charge in [-0.1, -0.05) is 54.1 Å². The Bertz CT molecular complexity index is 977. The molecule has 1 aromatic heterocycles. The van der Waals surface area contributed by atoms with Crippen molar-refractivity contribution in [3.63, 3.8) is 0 Å². The van der Waals surface area contributed by atoms with Crippen LogP contribution in [0.2, 0.25) is 5.02 Å². The molecule has 5 nitrogen and oxygen atoms in total. The van der Waals surface area contributed by atoms with Crippen molar-refractivity contribution in [1.82, 2.24) is 15.6 Å². The zero-order chi connectivity index (χ0) is 17.2. The minimum atomic E-state index is -0.309. The number of rotatable bonds is 3. The van der Waals surface area contributed by atoms with E-state index >= 15 is 0 Å². The molecule has 2 N–H and O–H groups in total. The first-order valence-electron chi connectivity index (χ1n) is 7.97. The van der Waals surface area contributed by atoms with E-state index in [1.807, 2.05) is 36.4 Å². The van der Waals surface area contributed by atoms with Gasteiger partial charge in [0.2, 0.25) is 0 Å². The summed E-state index contributed by atoms with van der Waals surface area (Å²) in [6, 6.07) is 15.4. The van der Waals surface area contributed by atoms with Crippen molar-refractivity contribution in [3.8, 4) is 11.3 Å². The number of halogens is 1. The summed E-state index contributed by atoms with van der Waals surface area (Å²) in [5.74, 6) is -0.309. The Kier molecular flexibility index (Phi) is 4.07. The average Bonchev–Trinajstić information content (AvgIpc) is 3.08. The van der Waals surface area contributed by atoms with Crippen LogP contribution in [-0.4, -0.2) is 22.3 Å². The number of nitrogens with one attached hydrogen (secondary N) is 2. The van der Waals surface area contributed by atoms with Gasteiger partial charge in [-0.3, -0.25) is 9.89 Å². The summed E-state index contributed by atoms with van der Waals surface area (Å²) in [6.45, 7) is 0. The van der Waals surface area contributed by atoms with E-state index in [1.165, 1.54) is 11.8 Å². The number of nitrogens with zero attached hydrogens (tertiary/aromatic N) is 2. The van der Waals surface area contributed by atoms with Gasteiger partial charge in [0.1, 0.15) is 5.69 Å². The van der Waals surface area contributed by atoms with Crippen molar-refractivity contribution in [2.45, 2.75) is 12.8 Å². The van der Waals surface area contributed by atoms with E-state index in [-0.39, 0.29) is 5.91 Å². The fourth-order valence-corrected chi connectivity index (χ4v) is 3.23. The number of aromatic amines is 1. The van der Waals surface area contributed by atoms with Gasteiger partial charge in [-0.05, 0) is 24.5 Å². The van der Waals surface area contributed by atoms with Gasteiger partial charge in [-0.15, -0.1) is 0 Å². The Hall–Kier alpha value is -2.92. The highest BCUT2D eigenvalue weighted by molar-refractivity contribution is 6.33. The Morgan fingerprint density at radius 2 is 1.96 bits per heavy atom. The van der Waals surface area contributed by atoms with Gasteiger partial charge in [0.05, 0.1) is 11.9 Å². The number of amides is 1. The summed E-state index contributed by atoms with van der Waals surface area (Å²) in [5.41, 5.74) is 7.86. The molecule has 1 amide bonds. The molecule has 4 rings (SSSR count). The molecular weight excluding hydrogens is 336 g/mol. The van der Waals surface area contributed by atoms with E-state index in [2.05, 4.69) is 26.8 Å². The number of carbonyl (C=O) groups is 1. The highest BCUT2D eigenvalue weighted by atomic mass is 35.5. The predicted molar refractivity (Wildman–Crippen MR) is 97.9 cm³/mol. The molecular formula is C19H15ClN4O. The molecule has 0 saturated carbocycles. The van der Waals surface area contributed by atoms with E-state index < -0.39 is 0 Å². The molecule has 1 aliphatic carbocycles. The van der Waals surface area contributed by atoms with Crippen LogP contribution in [-0.2, 0) is 12.8 Å². The number of aromatic nitrogens is 2. The fourth-order valence-electron chi connectivity index (χ4n) is 3.04.